The third-order valence-corrected chi connectivity index (χ3v) is 1.81. The van der Waals surface area contributed by atoms with Gasteiger partial charge in [-0.2, -0.15) is 5.10 Å². The van der Waals surface area contributed by atoms with Crippen molar-refractivity contribution >= 4 is 5.84 Å². The molecule has 0 aliphatic heterocycles. The topological polar surface area (TPSA) is 73.6 Å². The van der Waals surface area contributed by atoms with E-state index in [4.69, 9.17) is 16.3 Å². The molecule has 0 aromatic heterocycles. The molecule has 0 saturated heterocycles. The van der Waals surface area contributed by atoms with Crippen molar-refractivity contribution in [2.45, 2.75) is 13.3 Å². The van der Waals surface area contributed by atoms with E-state index in [0.717, 1.165) is 5.75 Å². The maximum absolute atomic E-state index is 5.42. The average Bonchev–Trinajstić information content (AvgIpc) is 2.21. The highest BCUT2D eigenvalue weighted by Crippen LogP contribution is 2.11. The molecule has 0 amide bonds. The Kier molecular flexibility index (Phi) is 3.79. The fraction of sp³-hybridized carbons (Fsp3) is 0.300. The van der Waals surface area contributed by atoms with Gasteiger partial charge >= 0.3 is 0 Å². The lowest BCUT2D eigenvalue weighted by molar-refractivity contribution is 0.328. The van der Waals surface area contributed by atoms with Crippen LogP contribution in [0.15, 0.2) is 29.4 Å². The first-order chi connectivity index (χ1) is 6.72. The highest BCUT2D eigenvalue weighted by atomic mass is 16.5. The minimum absolute atomic E-state index is 0.400. The van der Waals surface area contributed by atoms with Crippen LogP contribution in [0.1, 0.15) is 12.0 Å². The van der Waals surface area contributed by atoms with Crippen LogP contribution in [-0.4, -0.2) is 12.4 Å². The van der Waals surface area contributed by atoms with Gasteiger partial charge in [-0.15, -0.1) is 0 Å². The molecular weight excluding hydrogens is 178 g/mol. The number of rotatable bonds is 4. The number of nitrogens with zero attached hydrogens (tertiary/aromatic N) is 1. The van der Waals surface area contributed by atoms with Gasteiger partial charge in [0.25, 0.3) is 0 Å². The van der Waals surface area contributed by atoms with Gasteiger partial charge in [0.15, 0.2) is 0 Å². The fourth-order valence-electron chi connectivity index (χ4n) is 0.972. The molecule has 4 heteroatoms. The van der Waals surface area contributed by atoms with E-state index in [1.165, 1.54) is 5.56 Å². The molecule has 76 valence electrons. The number of ether oxygens (including phenoxy) is 1. The van der Waals surface area contributed by atoms with Crippen LogP contribution in [0.25, 0.3) is 0 Å². The standard InChI is InChI=1S/C10H15N3O/c1-8-2-4-9(5-3-8)14-7-6-10(11)13-12/h2-5H,6-7,12H2,1H3,(H2,11,13). The summed E-state index contributed by atoms with van der Waals surface area (Å²) in [6.45, 7) is 2.53. The second-order valence-electron chi connectivity index (χ2n) is 3.03. The highest BCUT2D eigenvalue weighted by molar-refractivity contribution is 5.79. The maximum atomic E-state index is 5.42. The first-order valence-corrected chi connectivity index (χ1v) is 4.44. The van der Waals surface area contributed by atoms with Crippen molar-refractivity contribution < 1.29 is 4.74 Å². The van der Waals surface area contributed by atoms with Gasteiger partial charge in [0.1, 0.15) is 11.6 Å². The molecular formula is C10H15N3O. The molecule has 0 atom stereocenters. The van der Waals surface area contributed by atoms with Crippen molar-refractivity contribution in [2.24, 2.45) is 16.7 Å². The van der Waals surface area contributed by atoms with Crippen molar-refractivity contribution in [3.8, 4) is 5.75 Å². The Hall–Kier alpha value is -1.71. The van der Waals surface area contributed by atoms with E-state index in [1.54, 1.807) is 0 Å². The van der Waals surface area contributed by atoms with Crippen LogP contribution in [0.3, 0.4) is 0 Å². The molecule has 1 aromatic rings. The summed E-state index contributed by atoms with van der Waals surface area (Å²) in [5.41, 5.74) is 6.61. The zero-order valence-electron chi connectivity index (χ0n) is 8.23. The zero-order valence-corrected chi connectivity index (χ0v) is 8.23. The van der Waals surface area contributed by atoms with E-state index in [1.807, 2.05) is 31.2 Å². The summed E-state index contributed by atoms with van der Waals surface area (Å²) in [5.74, 6) is 6.21. The van der Waals surface area contributed by atoms with Crippen LogP contribution in [0.4, 0.5) is 0 Å². The van der Waals surface area contributed by atoms with E-state index >= 15 is 0 Å². The van der Waals surface area contributed by atoms with Gasteiger partial charge in [-0.1, -0.05) is 17.7 Å². The third kappa shape index (κ3) is 3.35. The highest BCUT2D eigenvalue weighted by Gasteiger charge is 1.95. The Morgan fingerprint density at radius 3 is 2.57 bits per heavy atom. The lowest BCUT2D eigenvalue weighted by Crippen LogP contribution is -2.17. The molecule has 0 bridgehead atoms. The van der Waals surface area contributed by atoms with Crippen molar-refractivity contribution in [1.82, 2.24) is 0 Å². The minimum Gasteiger partial charge on any atom is -0.493 e. The Morgan fingerprint density at radius 2 is 2.00 bits per heavy atom. The number of hydrogen-bond donors (Lipinski definition) is 2. The van der Waals surface area contributed by atoms with Crippen molar-refractivity contribution in [3.63, 3.8) is 0 Å². The molecule has 0 spiro atoms. The van der Waals surface area contributed by atoms with Gasteiger partial charge in [0, 0.05) is 6.42 Å². The van der Waals surface area contributed by atoms with Crippen LogP contribution < -0.4 is 16.3 Å². The monoisotopic (exact) mass is 193 g/mol. The number of hydrogen-bond acceptors (Lipinski definition) is 3. The molecule has 0 fully saturated rings. The fourth-order valence-corrected chi connectivity index (χ4v) is 0.972. The molecule has 0 unspecified atom stereocenters. The van der Waals surface area contributed by atoms with E-state index in [-0.39, 0.29) is 0 Å². The van der Waals surface area contributed by atoms with Gasteiger partial charge in [-0.05, 0) is 19.1 Å². The second kappa shape index (κ2) is 5.11. The summed E-state index contributed by atoms with van der Waals surface area (Å²) in [6, 6.07) is 7.83. The maximum Gasteiger partial charge on any atom is 0.122 e. The summed E-state index contributed by atoms with van der Waals surface area (Å²) < 4.78 is 5.42. The largest absolute Gasteiger partial charge is 0.493 e. The number of nitrogens with two attached hydrogens (primary N) is 2. The smallest absolute Gasteiger partial charge is 0.122 e. The minimum atomic E-state index is 0.400. The normalized spacial score (nSPS) is 11.4. The first kappa shape index (κ1) is 10.4. The predicted octanol–water partition coefficient (Wildman–Crippen LogP) is 0.995. The quantitative estimate of drug-likeness (QED) is 0.324. The lowest BCUT2D eigenvalue weighted by Gasteiger charge is -2.05. The van der Waals surface area contributed by atoms with Crippen LogP contribution in [-0.2, 0) is 0 Å². The van der Waals surface area contributed by atoms with Crippen molar-refractivity contribution in [3.05, 3.63) is 29.8 Å². The van der Waals surface area contributed by atoms with Gasteiger partial charge in [-0.25, -0.2) is 0 Å². The molecule has 4 nitrogen and oxygen atoms in total. The van der Waals surface area contributed by atoms with Crippen LogP contribution in [0.2, 0.25) is 0 Å². The van der Waals surface area contributed by atoms with Crippen molar-refractivity contribution in [2.75, 3.05) is 6.61 Å². The summed E-state index contributed by atoms with van der Waals surface area (Å²) in [6.07, 6.45) is 0.546. The summed E-state index contributed by atoms with van der Waals surface area (Å²) >= 11 is 0. The molecule has 0 heterocycles. The molecule has 1 aromatic carbocycles. The Morgan fingerprint density at radius 1 is 1.36 bits per heavy atom. The lowest BCUT2D eigenvalue weighted by atomic mass is 10.2. The van der Waals surface area contributed by atoms with Crippen LogP contribution in [0.5, 0.6) is 5.75 Å². The van der Waals surface area contributed by atoms with Crippen LogP contribution in [0, 0.1) is 6.92 Å². The Bertz CT molecular complexity index is 306. The molecule has 0 aliphatic carbocycles. The van der Waals surface area contributed by atoms with Gasteiger partial charge in [0.05, 0.1) is 6.61 Å². The van der Waals surface area contributed by atoms with E-state index in [2.05, 4.69) is 5.10 Å². The number of benzene rings is 1. The molecule has 0 radical (unpaired) electrons. The number of hydrazone groups is 1. The molecule has 0 aliphatic rings. The first-order valence-electron chi connectivity index (χ1n) is 4.44. The van der Waals surface area contributed by atoms with E-state index in [9.17, 15) is 0 Å². The Balaban J connectivity index is 2.35. The average molecular weight is 193 g/mol. The molecule has 0 saturated carbocycles. The van der Waals surface area contributed by atoms with E-state index in [0.29, 0.717) is 18.9 Å². The summed E-state index contributed by atoms with van der Waals surface area (Å²) in [5, 5.41) is 3.35. The van der Waals surface area contributed by atoms with Crippen molar-refractivity contribution in [1.29, 1.82) is 0 Å². The second-order valence-corrected chi connectivity index (χ2v) is 3.03. The van der Waals surface area contributed by atoms with Gasteiger partial charge < -0.3 is 16.3 Å². The van der Waals surface area contributed by atoms with E-state index < -0.39 is 0 Å². The van der Waals surface area contributed by atoms with Crippen LogP contribution >= 0.6 is 0 Å². The third-order valence-electron chi connectivity index (χ3n) is 1.81. The van der Waals surface area contributed by atoms with Gasteiger partial charge in [0.2, 0.25) is 0 Å². The molecule has 4 N–H and O–H groups in total. The number of aryl methyl sites for hydroxylation is 1. The number of amidine groups is 1. The summed E-state index contributed by atoms with van der Waals surface area (Å²) in [4.78, 5) is 0. The summed E-state index contributed by atoms with van der Waals surface area (Å²) in [7, 11) is 0. The van der Waals surface area contributed by atoms with Gasteiger partial charge in [-0.3, -0.25) is 0 Å². The predicted molar refractivity (Wildman–Crippen MR) is 57.1 cm³/mol. The molecule has 14 heavy (non-hydrogen) atoms. The SMILES string of the molecule is Cc1ccc(OCC/C(N)=N/N)cc1. The molecule has 1 rings (SSSR count). The zero-order chi connectivity index (χ0) is 10.4. The Labute approximate surface area is 83.5 Å².